The predicted octanol–water partition coefficient (Wildman–Crippen LogP) is 3.55. The first kappa shape index (κ1) is 13.5. The zero-order chi connectivity index (χ0) is 9.36. The number of carbonyl (C=O) groups is 1. The largest absolute Gasteiger partial charge is 0.468 e. The Morgan fingerprint density at radius 1 is 1.14 bits per heavy atom. The van der Waals surface area contributed by atoms with Gasteiger partial charge in [-0.05, 0) is 18.8 Å². The highest BCUT2D eigenvalue weighted by Crippen LogP contribution is 2.27. The quantitative estimate of drug-likeness (QED) is 0.484. The Morgan fingerprint density at radius 3 is 2.50 bits per heavy atom. The summed E-state index contributed by atoms with van der Waals surface area (Å²) in [5.74, 6) is 0.963. The van der Waals surface area contributed by atoms with Gasteiger partial charge in [0.15, 0.2) is 0 Å². The van der Waals surface area contributed by atoms with Gasteiger partial charge in [-0.25, -0.2) is 0 Å². The molecule has 2 heteroatoms. The van der Waals surface area contributed by atoms with Crippen molar-refractivity contribution >= 4 is 6.47 Å². The summed E-state index contributed by atoms with van der Waals surface area (Å²) >= 11 is 0. The molecule has 0 aromatic heterocycles. The molecule has 0 unspecified atom stereocenters. The van der Waals surface area contributed by atoms with Crippen LogP contribution in [0.5, 0.6) is 0 Å². The fourth-order valence-corrected chi connectivity index (χ4v) is 2.14. The zero-order valence-corrected chi connectivity index (χ0v) is 8.34. The van der Waals surface area contributed by atoms with Crippen LogP contribution in [0.4, 0.5) is 0 Å². The van der Waals surface area contributed by atoms with Crippen molar-refractivity contribution in [2.75, 3.05) is 6.61 Å². The Hall–Kier alpha value is -0.530. The molecular weight excluding hydrogens is 176 g/mol. The highest BCUT2D eigenvalue weighted by atomic mass is 16.5. The summed E-state index contributed by atoms with van der Waals surface area (Å²) in [6, 6.07) is 0. The minimum atomic E-state index is 0. The second-order valence-corrected chi connectivity index (χ2v) is 3.97. The number of hydrogen-bond acceptors (Lipinski definition) is 2. The van der Waals surface area contributed by atoms with Crippen LogP contribution in [-0.2, 0) is 9.53 Å². The molecule has 84 valence electrons. The van der Waals surface area contributed by atoms with E-state index in [0.717, 1.165) is 12.3 Å². The molecule has 0 bridgehead atoms. The Balaban J connectivity index is 0.00000169. The second kappa shape index (κ2) is 9.04. The van der Waals surface area contributed by atoms with Crippen LogP contribution in [0, 0.1) is 5.92 Å². The van der Waals surface area contributed by atoms with E-state index in [0.29, 0.717) is 13.1 Å². The maximum atomic E-state index is 9.85. The van der Waals surface area contributed by atoms with E-state index in [9.17, 15) is 4.79 Å². The summed E-state index contributed by atoms with van der Waals surface area (Å²) in [5, 5.41) is 0. The van der Waals surface area contributed by atoms with Gasteiger partial charge in [0.05, 0.1) is 6.61 Å². The van der Waals surface area contributed by atoms with Crippen molar-refractivity contribution in [3.63, 3.8) is 0 Å². The van der Waals surface area contributed by atoms with E-state index in [1.165, 1.54) is 44.9 Å². The summed E-state index contributed by atoms with van der Waals surface area (Å²) in [7, 11) is 0. The van der Waals surface area contributed by atoms with Gasteiger partial charge >= 0.3 is 0 Å². The van der Waals surface area contributed by atoms with Gasteiger partial charge in [0, 0.05) is 0 Å². The van der Waals surface area contributed by atoms with E-state index in [1.807, 2.05) is 0 Å². The minimum absolute atomic E-state index is 0. The number of unbranched alkanes of at least 4 members (excludes halogenated alkanes) is 1. The Bertz CT molecular complexity index is 128. The summed E-state index contributed by atoms with van der Waals surface area (Å²) < 4.78 is 4.64. The Morgan fingerprint density at radius 2 is 1.86 bits per heavy atom. The van der Waals surface area contributed by atoms with Gasteiger partial charge in [0.2, 0.25) is 0 Å². The summed E-state index contributed by atoms with van der Waals surface area (Å²) in [4.78, 5) is 9.85. The number of rotatable bonds is 6. The van der Waals surface area contributed by atoms with Crippen LogP contribution in [0.25, 0.3) is 0 Å². The smallest absolute Gasteiger partial charge is 0.293 e. The fraction of sp³-hybridized carbons (Fsp3) is 0.917. The van der Waals surface area contributed by atoms with Crippen LogP contribution in [0.1, 0.15) is 58.8 Å². The van der Waals surface area contributed by atoms with Crippen LogP contribution < -0.4 is 0 Å². The monoisotopic (exact) mass is 200 g/mol. The molecule has 0 N–H and O–H groups in total. The molecule has 0 amide bonds. The van der Waals surface area contributed by atoms with Crippen LogP contribution >= 0.6 is 0 Å². The first-order valence-corrected chi connectivity index (χ1v) is 5.48. The third-order valence-corrected chi connectivity index (χ3v) is 2.92. The third-order valence-electron chi connectivity index (χ3n) is 2.92. The molecule has 1 saturated carbocycles. The standard InChI is InChI=1S/C11H20O2.CH4/c12-10-13-9-5-4-8-11-6-2-1-3-7-11;/h10-11H,1-9H2;1H4. The van der Waals surface area contributed by atoms with Crippen molar-refractivity contribution in [1.29, 1.82) is 0 Å². The normalized spacial score (nSPS) is 17.1. The SMILES string of the molecule is C.O=COCCCCC1CCCCC1. The molecule has 0 spiro atoms. The zero-order valence-electron chi connectivity index (χ0n) is 8.34. The molecule has 0 aliphatic heterocycles. The molecule has 0 saturated heterocycles. The van der Waals surface area contributed by atoms with E-state index in [4.69, 9.17) is 0 Å². The maximum Gasteiger partial charge on any atom is 0.293 e. The minimum Gasteiger partial charge on any atom is -0.468 e. The maximum absolute atomic E-state index is 9.85. The predicted molar refractivity (Wildman–Crippen MR) is 59.2 cm³/mol. The van der Waals surface area contributed by atoms with Gasteiger partial charge < -0.3 is 4.74 Å². The van der Waals surface area contributed by atoms with Crippen molar-refractivity contribution < 1.29 is 9.53 Å². The van der Waals surface area contributed by atoms with Crippen molar-refractivity contribution in [2.24, 2.45) is 5.92 Å². The summed E-state index contributed by atoms with van der Waals surface area (Å²) in [6.45, 7) is 1.15. The van der Waals surface area contributed by atoms with E-state index < -0.39 is 0 Å². The molecular formula is C12H24O2. The molecule has 2 nitrogen and oxygen atoms in total. The van der Waals surface area contributed by atoms with Crippen molar-refractivity contribution in [2.45, 2.75) is 58.8 Å². The molecule has 0 aromatic carbocycles. The van der Waals surface area contributed by atoms with Gasteiger partial charge in [-0.1, -0.05) is 46.0 Å². The van der Waals surface area contributed by atoms with E-state index >= 15 is 0 Å². The lowest BCUT2D eigenvalue weighted by atomic mass is 9.86. The van der Waals surface area contributed by atoms with Gasteiger partial charge in [-0.2, -0.15) is 0 Å². The lowest BCUT2D eigenvalue weighted by molar-refractivity contribution is -0.128. The topological polar surface area (TPSA) is 26.3 Å². The molecule has 0 radical (unpaired) electrons. The molecule has 14 heavy (non-hydrogen) atoms. The Kier molecular flexibility index (Phi) is 8.70. The van der Waals surface area contributed by atoms with Gasteiger partial charge in [0.25, 0.3) is 6.47 Å². The molecule has 1 rings (SSSR count). The van der Waals surface area contributed by atoms with Gasteiger partial charge in [0.1, 0.15) is 0 Å². The van der Waals surface area contributed by atoms with E-state index in [1.54, 1.807) is 0 Å². The molecule has 0 heterocycles. The van der Waals surface area contributed by atoms with Crippen molar-refractivity contribution in [3.05, 3.63) is 0 Å². The average molecular weight is 200 g/mol. The van der Waals surface area contributed by atoms with Crippen LogP contribution in [0.2, 0.25) is 0 Å². The first-order valence-electron chi connectivity index (χ1n) is 5.48. The van der Waals surface area contributed by atoms with Crippen LogP contribution in [-0.4, -0.2) is 13.1 Å². The number of carbonyl (C=O) groups excluding carboxylic acids is 1. The molecule has 1 aliphatic carbocycles. The molecule has 1 aliphatic rings. The number of ether oxygens (including phenoxy) is 1. The first-order chi connectivity index (χ1) is 6.43. The average Bonchev–Trinajstić information content (AvgIpc) is 2.19. The third kappa shape index (κ3) is 6.01. The fourth-order valence-electron chi connectivity index (χ4n) is 2.14. The van der Waals surface area contributed by atoms with Gasteiger partial charge in [-0.3, -0.25) is 4.79 Å². The van der Waals surface area contributed by atoms with Crippen LogP contribution in [0.15, 0.2) is 0 Å². The Labute approximate surface area is 88.0 Å². The van der Waals surface area contributed by atoms with Crippen LogP contribution in [0.3, 0.4) is 0 Å². The van der Waals surface area contributed by atoms with Crippen molar-refractivity contribution in [1.82, 2.24) is 0 Å². The van der Waals surface area contributed by atoms with Crippen molar-refractivity contribution in [3.8, 4) is 0 Å². The van der Waals surface area contributed by atoms with E-state index in [2.05, 4.69) is 4.74 Å². The number of hydrogen-bond donors (Lipinski definition) is 0. The molecule has 1 fully saturated rings. The second-order valence-electron chi connectivity index (χ2n) is 3.97. The molecule has 0 aromatic rings. The van der Waals surface area contributed by atoms with E-state index in [-0.39, 0.29) is 7.43 Å². The lowest BCUT2D eigenvalue weighted by Crippen LogP contribution is -2.06. The van der Waals surface area contributed by atoms with Gasteiger partial charge in [-0.15, -0.1) is 0 Å². The summed E-state index contributed by atoms with van der Waals surface area (Å²) in [5.41, 5.74) is 0. The lowest BCUT2D eigenvalue weighted by Gasteiger charge is -2.20. The highest BCUT2D eigenvalue weighted by molar-refractivity contribution is 5.36. The summed E-state index contributed by atoms with van der Waals surface area (Å²) in [6.07, 6.45) is 10.7. The highest BCUT2D eigenvalue weighted by Gasteiger charge is 2.12. The molecule has 0 atom stereocenters.